The van der Waals surface area contributed by atoms with Crippen molar-refractivity contribution in [3.05, 3.63) is 29.3 Å². The van der Waals surface area contributed by atoms with E-state index in [2.05, 4.69) is 4.74 Å². The average molecular weight is 240 g/mol. The van der Waals surface area contributed by atoms with Gasteiger partial charge in [-0.15, -0.1) is 0 Å². The van der Waals surface area contributed by atoms with Gasteiger partial charge in [0.2, 0.25) is 0 Å². The second-order valence-corrected chi connectivity index (χ2v) is 3.13. The fourth-order valence-corrected chi connectivity index (χ4v) is 1.23. The second kappa shape index (κ2) is 4.67. The molecular formula is C10H9F5O. The van der Waals surface area contributed by atoms with Crippen molar-refractivity contribution in [1.82, 2.24) is 0 Å². The molecule has 0 spiro atoms. The quantitative estimate of drug-likeness (QED) is 0.732. The lowest BCUT2D eigenvalue weighted by Gasteiger charge is -2.14. The fourth-order valence-electron chi connectivity index (χ4n) is 1.23. The molecular weight excluding hydrogens is 231 g/mol. The molecule has 1 rings (SSSR count). The van der Waals surface area contributed by atoms with E-state index in [0.717, 1.165) is 12.1 Å². The Morgan fingerprint density at radius 3 is 2.38 bits per heavy atom. The molecule has 1 aromatic rings. The first-order valence-corrected chi connectivity index (χ1v) is 4.40. The van der Waals surface area contributed by atoms with Crippen LogP contribution in [0, 0.1) is 6.92 Å². The van der Waals surface area contributed by atoms with Gasteiger partial charge in [0.15, 0.2) is 0 Å². The minimum atomic E-state index is -4.51. The summed E-state index contributed by atoms with van der Waals surface area (Å²) in [4.78, 5) is 0. The van der Waals surface area contributed by atoms with Gasteiger partial charge in [-0.05, 0) is 19.1 Å². The van der Waals surface area contributed by atoms with Crippen LogP contribution in [0.1, 0.15) is 11.1 Å². The molecule has 0 aliphatic heterocycles. The molecule has 0 aliphatic carbocycles. The third kappa shape index (κ3) is 3.08. The topological polar surface area (TPSA) is 9.23 Å². The van der Waals surface area contributed by atoms with Gasteiger partial charge in [-0.2, -0.15) is 13.2 Å². The van der Waals surface area contributed by atoms with Gasteiger partial charge < -0.3 is 4.74 Å². The molecule has 0 N–H and O–H groups in total. The molecule has 1 nitrogen and oxygen atoms in total. The van der Waals surface area contributed by atoms with Crippen LogP contribution in [0.15, 0.2) is 18.2 Å². The fraction of sp³-hybridized carbons (Fsp3) is 0.400. The number of ether oxygens (including phenoxy) is 1. The molecule has 0 fully saturated rings. The second-order valence-electron chi connectivity index (χ2n) is 3.13. The van der Waals surface area contributed by atoms with Gasteiger partial charge in [-0.3, -0.25) is 0 Å². The van der Waals surface area contributed by atoms with E-state index in [-0.39, 0.29) is 11.3 Å². The zero-order valence-corrected chi connectivity index (χ0v) is 8.31. The summed E-state index contributed by atoms with van der Waals surface area (Å²) in [6.45, 7) is 0.270. The van der Waals surface area contributed by atoms with Gasteiger partial charge in [-0.1, -0.05) is 6.07 Å². The van der Waals surface area contributed by atoms with Crippen molar-refractivity contribution in [3.63, 3.8) is 0 Å². The number of halogens is 5. The van der Waals surface area contributed by atoms with E-state index in [1.54, 1.807) is 0 Å². The first-order valence-electron chi connectivity index (χ1n) is 4.40. The lowest BCUT2D eigenvalue weighted by atomic mass is 10.1. The maximum atomic E-state index is 12.4. The van der Waals surface area contributed by atoms with E-state index in [0.29, 0.717) is 0 Å². The third-order valence-electron chi connectivity index (χ3n) is 1.95. The van der Waals surface area contributed by atoms with Crippen LogP contribution in [-0.2, 0) is 6.18 Å². The summed E-state index contributed by atoms with van der Waals surface area (Å²) in [5.41, 5.74) is -1.06. The number of hydrogen-bond acceptors (Lipinski definition) is 1. The highest BCUT2D eigenvalue weighted by molar-refractivity contribution is 5.40. The van der Waals surface area contributed by atoms with Gasteiger partial charge in [0.05, 0.1) is 5.56 Å². The summed E-state index contributed by atoms with van der Waals surface area (Å²) in [6.07, 6.45) is -7.22. The zero-order chi connectivity index (χ0) is 12.3. The van der Waals surface area contributed by atoms with Crippen molar-refractivity contribution in [2.75, 3.05) is 6.61 Å². The molecule has 1 aromatic carbocycles. The van der Waals surface area contributed by atoms with Crippen LogP contribution in [-0.4, -0.2) is 13.0 Å². The molecule has 0 saturated heterocycles. The monoisotopic (exact) mass is 240 g/mol. The summed E-state index contributed by atoms with van der Waals surface area (Å²) in [6, 6.07) is 3.23. The Hall–Kier alpha value is -1.33. The van der Waals surface area contributed by atoms with Crippen molar-refractivity contribution < 1.29 is 26.7 Å². The summed E-state index contributed by atoms with van der Waals surface area (Å²) in [5, 5.41) is 0. The smallest absolute Gasteiger partial charge is 0.416 e. The predicted octanol–water partition coefficient (Wildman–Crippen LogP) is 3.66. The van der Waals surface area contributed by atoms with Crippen LogP contribution in [0.4, 0.5) is 22.0 Å². The van der Waals surface area contributed by atoms with Gasteiger partial charge >= 0.3 is 6.18 Å². The van der Waals surface area contributed by atoms with Gasteiger partial charge in [-0.25, -0.2) is 8.78 Å². The highest BCUT2D eigenvalue weighted by atomic mass is 19.4. The van der Waals surface area contributed by atoms with E-state index in [1.807, 2.05) is 0 Å². The Kier molecular flexibility index (Phi) is 3.72. The molecule has 16 heavy (non-hydrogen) atoms. The Morgan fingerprint density at radius 2 is 1.88 bits per heavy atom. The van der Waals surface area contributed by atoms with E-state index >= 15 is 0 Å². The molecule has 0 aromatic heterocycles. The molecule has 0 amide bonds. The molecule has 0 bridgehead atoms. The molecule has 90 valence electrons. The molecule has 0 saturated carbocycles. The Labute approximate surface area is 88.8 Å². The normalized spacial score (nSPS) is 11.9. The number of rotatable bonds is 3. The molecule has 0 heterocycles. The third-order valence-corrected chi connectivity index (χ3v) is 1.95. The van der Waals surface area contributed by atoms with Crippen molar-refractivity contribution >= 4 is 0 Å². The minimum absolute atomic E-state index is 0.171. The Balaban J connectivity index is 2.96. The van der Waals surface area contributed by atoms with E-state index in [9.17, 15) is 22.0 Å². The Morgan fingerprint density at radius 1 is 1.25 bits per heavy atom. The maximum Gasteiger partial charge on any atom is 0.416 e. The van der Waals surface area contributed by atoms with Crippen LogP contribution in [0.25, 0.3) is 0 Å². The first kappa shape index (κ1) is 12.7. The molecule has 6 heteroatoms. The number of hydrogen-bond donors (Lipinski definition) is 0. The van der Waals surface area contributed by atoms with E-state index in [4.69, 9.17) is 0 Å². The summed E-state index contributed by atoms with van der Waals surface area (Å²) in [5.74, 6) is -0.171. The van der Waals surface area contributed by atoms with Crippen LogP contribution in [0.3, 0.4) is 0 Å². The lowest BCUT2D eigenvalue weighted by molar-refractivity contribution is -0.138. The summed E-state index contributed by atoms with van der Waals surface area (Å²) in [7, 11) is 0. The number of alkyl halides is 5. The zero-order valence-electron chi connectivity index (χ0n) is 8.31. The van der Waals surface area contributed by atoms with Crippen molar-refractivity contribution in [2.45, 2.75) is 19.5 Å². The van der Waals surface area contributed by atoms with E-state index < -0.39 is 24.8 Å². The van der Waals surface area contributed by atoms with Crippen LogP contribution in [0.2, 0.25) is 0 Å². The van der Waals surface area contributed by atoms with Crippen LogP contribution >= 0.6 is 0 Å². The molecule has 0 atom stereocenters. The molecule has 0 aliphatic rings. The molecule has 0 unspecified atom stereocenters. The van der Waals surface area contributed by atoms with Gasteiger partial charge in [0, 0.05) is 5.56 Å². The largest absolute Gasteiger partial charge is 0.487 e. The highest BCUT2D eigenvalue weighted by Crippen LogP contribution is 2.35. The van der Waals surface area contributed by atoms with Crippen molar-refractivity contribution in [2.24, 2.45) is 0 Å². The van der Waals surface area contributed by atoms with Gasteiger partial charge in [0.25, 0.3) is 6.43 Å². The first-order chi connectivity index (χ1) is 7.32. The van der Waals surface area contributed by atoms with Crippen LogP contribution in [0.5, 0.6) is 5.75 Å². The predicted molar refractivity (Wildman–Crippen MR) is 47.7 cm³/mol. The summed E-state index contributed by atoms with van der Waals surface area (Å²) >= 11 is 0. The SMILES string of the molecule is Cc1c(OCC(F)F)cccc1C(F)(F)F. The Bertz CT molecular complexity index is 359. The highest BCUT2D eigenvalue weighted by Gasteiger charge is 2.33. The lowest BCUT2D eigenvalue weighted by Crippen LogP contribution is -2.11. The van der Waals surface area contributed by atoms with Crippen molar-refractivity contribution in [1.29, 1.82) is 0 Å². The standard InChI is InChI=1S/C10H9F5O/c1-6-7(10(13,14)15)3-2-4-8(6)16-5-9(11)12/h2-4,9H,5H2,1H3. The van der Waals surface area contributed by atoms with Gasteiger partial charge in [0.1, 0.15) is 12.4 Å². The van der Waals surface area contributed by atoms with Crippen LogP contribution < -0.4 is 4.74 Å². The van der Waals surface area contributed by atoms with Crippen molar-refractivity contribution in [3.8, 4) is 5.75 Å². The minimum Gasteiger partial charge on any atom is -0.487 e. The maximum absolute atomic E-state index is 12.4. The van der Waals surface area contributed by atoms with E-state index in [1.165, 1.54) is 13.0 Å². The summed E-state index contributed by atoms with van der Waals surface area (Å²) < 4.78 is 65.5. The number of benzene rings is 1. The average Bonchev–Trinajstić information content (AvgIpc) is 2.14. The molecule has 0 radical (unpaired) electrons.